The van der Waals surface area contributed by atoms with Crippen LogP contribution in [0.2, 0.25) is 0 Å². The standard InChI is InChI=1S/C17H31NO6S/c1-16(2,3)22-10-13(15(20)21-6)18-14(19)7-8-25-11-12-9-23-17(4,5)24-12/h12-13H,7-11H2,1-6H3,(H,18,19)/t12-,13+/m1/s1. The summed E-state index contributed by atoms with van der Waals surface area (Å²) in [5, 5.41) is 2.67. The van der Waals surface area contributed by atoms with E-state index in [1.807, 2.05) is 34.6 Å². The second-order valence-electron chi connectivity index (χ2n) is 7.34. The summed E-state index contributed by atoms with van der Waals surface area (Å²) < 4.78 is 21.5. The van der Waals surface area contributed by atoms with E-state index in [1.165, 1.54) is 7.11 Å². The second kappa shape index (κ2) is 9.75. The van der Waals surface area contributed by atoms with Gasteiger partial charge in [-0.1, -0.05) is 0 Å². The molecule has 0 aromatic rings. The van der Waals surface area contributed by atoms with Gasteiger partial charge in [-0.25, -0.2) is 4.79 Å². The van der Waals surface area contributed by atoms with Crippen LogP contribution in [0.4, 0.5) is 0 Å². The van der Waals surface area contributed by atoms with Crippen molar-refractivity contribution in [1.82, 2.24) is 5.32 Å². The van der Waals surface area contributed by atoms with Gasteiger partial charge in [0.25, 0.3) is 0 Å². The summed E-state index contributed by atoms with van der Waals surface area (Å²) in [7, 11) is 1.29. The highest BCUT2D eigenvalue weighted by atomic mass is 32.2. The molecule has 0 spiro atoms. The van der Waals surface area contributed by atoms with Gasteiger partial charge in [0.2, 0.25) is 5.91 Å². The lowest BCUT2D eigenvalue weighted by atomic mass is 10.2. The number of nitrogens with one attached hydrogen (secondary N) is 1. The fraction of sp³-hybridized carbons (Fsp3) is 0.882. The lowest BCUT2D eigenvalue weighted by molar-refractivity contribution is -0.148. The highest BCUT2D eigenvalue weighted by molar-refractivity contribution is 7.99. The van der Waals surface area contributed by atoms with Crippen LogP contribution in [0, 0.1) is 0 Å². The number of carbonyl (C=O) groups excluding carboxylic acids is 2. The predicted octanol–water partition coefficient (Wildman–Crippen LogP) is 1.73. The number of ether oxygens (including phenoxy) is 4. The summed E-state index contributed by atoms with van der Waals surface area (Å²) in [5.74, 6) is 0.168. The number of thioether (sulfide) groups is 1. The van der Waals surface area contributed by atoms with Crippen LogP contribution in [-0.2, 0) is 28.5 Å². The fourth-order valence-electron chi connectivity index (χ4n) is 2.14. The van der Waals surface area contributed by atoms with E-state index in [2.05, 4.69) is 5.32 Å². The third-order valence-corrected chi connectivity index (χ3v) is 4.45. The van der Waals surface area contributed by atoms with Gasteiger partial charge in [-0.2, -0.15) is 11.8 Å². The van der Waals surface area contributed by atoms with Crippen LogP contribution in [0.25, 0.3) is 0 Å². The first kappa shape index (κ1) is 22.2. The van der Waals surface area contributed by atoms with Crippen LogP contribution in [0.3, 0.4) is 0 Å². The predicted molar refractivity (Wildman–Crippen MR) is 96.5 cm³/mol. The molecule has 1 aliphatic heterocycles. The Kier molecular flexibility index (Phi) is 8.67. The maximum atomic E-state index is 12.1. The average Bonchev–Trinajstić information content (AvgIpc) is 2.85. The van der Waals surface area contributed by atoms with Gasteiger partial charge in [0.05, 0.1) is 32.0 Å². The van der Waals surface area contributed by atoms with Crippen molar-refractivity contribution < 1.29 is 28.5 Å². The van der Waals surface area contributed by atoms with Crippen molar-refractivity contribution in [1.29, 1.82) is 0 Å². The molecule has 1 rings (SSSR count). The number of hydrogen-bond donors (Lipinski definition) is 1. The van der Waals surface area contributed by atoms with Gasteiger partial charge >= 0.3 is 5.97 Å². The number of hydrogen-bond acceptors (Lipinski definition) is 7. The molecule has 2 atom stereocenters. The molecule has 0 bridgehead atoms. The van der Waals surface area contributed by atoms with Crippen molar-refractivity contribution in [2.75, 3.05) is 31.8 Å². The number of amides is 1. The minimum absolute atomic E-state index is 0.0473. The number of carbonyl (C=O) groups is 2. The molecular formula is C17H31NO6S. The minimum atomic E-state index is -0.797. The van der Waals surface area contributed by atoms with Gasteiger partial charge in [-0.3, -0.25) is 4.79 Å². The molecule has 0 aromatic heterocycles. The zero-order valence-corrected chi connectivity index (χ0v) is 16.9. The van der Waals surface area contributed by atoms with E-state index in [0.717, 1.165) is 5.75 Å². The summed E-state index contributed by atoms with van der Waals surface area (Å²) in [6.07, 6.45) is 0.357. The Morgan fingerprint density at radius 2 is 2.04 bits per heavy atom. The Bertz CT molecular complexity index is 449. The van der Waals surface area contributed by atoms with Crippen LogP contribution in [0.1, 0.15) is 41.0 Å². The molecule has 25 heavy (non-hydrogen) atoms. The Balaban J connectivity index is 2.28. The molecule has 1 N–H and O–H groups in total. The summed E-state index contributed by atoms with van der Waals surface area (Å²) in [6.45, 7) is 10.1. The number of rotatable bonds is 9. The zero-order valence-electron chi connectivity index (χ0n) is 16.0. The van der Waals surface area contributed by atoms with Gasteiger partial charge in [0.15, 0.2) is 11.8 Å². The van der Waals surface area contributed by atoms with Crippen molar-refractivity contribution in [2.24, 2.45) is 0 Å². The average molecular weight is 378 g/mol. The zero-order chi connectivity index (χ0) is 19.1. The Morgan fingerprint density at radius 1 is 1.36 bits per heavy atom. The quantitative estimate of drug-likeness (QED) is 0.484. The summed E-state index contributed by atoms with van der Waals surface area (Å²) in [5.41, 5.74) is -0.399. The molecule has 0 aliphatic carbocycles. The minimum Gasteiger partial charge on any atom is -0.467 e. The third kappa shape index (κ3) is 9.44. The monoisotopic (exact) mass is 377 g/mol. The van der Waals surface area contributed by atoms with E-state index in [1.54, 1.807) is 11.8 Å². The Labute approximate surface area is 154 Å². The van der Waals surface area contributed by atoms with Crippen molar-refractivity contribution in [3.8, 4) is 0 Å². The summed E-state index contributed by atoms with van der Waals surface area (Å²) in [4.78, 5) is 23.8. The molecule has 0 saturated carbocycles. The molecule has 0 radical (unpaired) electrons. The van der Waals surface area contributed by atoms with E-state index < -0.39 is 23.4 Å². The molecule has 1 saturated heterocycles. The molecule has 1 amide bonds. The van der Waals surface area contributed by atoms with Crippen LogP contribution < -0.4 is 5.32 Å². The number of methoxy groups -OCH3 is 1. The van der Waals surface area contributed by atoms with Gasteiger partial charge in [0, 0.05) is 17.9 Å². The van der Waals surface area contributed by atoms with Crippen LogP contribution in [0.5, 0.6) is 0 Å². The molecule has 7 nitrogen and oxygen atoms in total. The first-order valence-electron chi connectivity index (χ1n) is 8.43. The first-order valence-corrected chi connectivity index (χ1v) is 9.58. The van der Waals surface area contributed by atoms with E-state index in [0.29, 0.717) is 18.8 Å². The highest BCUT2D eigenvalue weighted by Crippen LogP contribution is 2.24. The first-order chi connectivity index (χ1) is 11.5. The maximum Gasteiger partial charge on any atom is 0.330 e. The third-order valence-electron chi connectivity index (χ3n) is 3.35. The molecule has 0 aromatic carbocycles. The Morgan fingerprint density at radius 3 is 2.56 bits per heavy atom. The number of esters is 1. The summed E-state index contributed by atoms with van der Waals surface area (Å²) >= 11 is 1.63. The highest BCUT2D eigenvalue weighted by Gasteiger charge is 2.32. The second-order valence-corrected chi connectivity index (χ2v) is 8.49. The molecule has 0 unspecified atom stereocenters. The van der Waals surface area contributed by atoms with Crippen LogP contribution in [-0.4, -0.2) is 67.2 Å². The molecule has 1 fully saturated rings. The van der Waals surface area contributed by atoms with Crippen molar-refractivity contribution in [2.45, 2.75) is 64.6 Å². The van der Waals surface area contributed by atoms with Crippen molar-refractivity contribution >= 4 is 23.6 Å². The van der Waals surface area contributed by atoms with E-state index in [9.17, 15) is 9.59 Å². The maximum absolute atomic E-state index is 12.1. The SMILES string of the molecule is COC(=O)[C@H](COC(C)(C)C)NC(=O)CCSC[C@H]1COC(C)(C)O1. The van der Waals surface area contributed by atoms with E-state index in [-0.39, 0.29) is 18.6 Å². The molecular weight excluding hydrogens is 346 g/mol. The molecule has 1 aliphatic rings. The van der Waals surface area contributed by atoms with Gasteiger partial charge in [0.1, 0.15) is 0 Å². The fourth-order valence-corrected chi connectivity index (χ4v) is 3.06. The van der Waals surface area contributed by atoms with Crippen LogP contribution in [0.15, 0.2) is 0 Å². The normalized spacial score (nSPS) is 21.0. The molecule has 146 valence electrons. The smallest absolute Gasteiger partial charge is 0.330 e. The lowest BCUT2D eigenvalue weighted by Gasteiger charge is -2.23. The van der Waals surface area contributed by atoms with E-state index >= 15 is 0 Å². The van der Waals surface area contributed by atoms with Gasteiger partial charge < -0.3 is 24.3 Å². The molecule has 8 heteroatoms. The molecule has 1 heterocycles. The topological polar surface area (TPSA) is 83.1 Å². The van der Waals surface area contributed by atoms with Gasteiger partial charge in [-0.15, -0.1) is 0 Å². The van der Waals surface area contributed by atoms with Crippen LogP contribution >= 0.6 is 11.8 Å². The lowest BCUT2D eigenvalue weighted by Crippen LogP contribution is -2.46. The largest absolute Gasteiger partial charge is 0.467 e. The summed E-state index contributed by atoms with van der Waals surface area (Å²) in [6, 6.07) is -0.797. The van der Waals surface area contributed by atoms with Crippen molar-refractivity contribution in [3.63, 3.8) is 0 Å². The van der Waals surface area contributed by atoms with Crippen molar-refractivity contribution in [3.05, 3.63) is 0 Å². The Hall–Kier alpha value is -0.830. The van der Waals surface area contributed by atoms with E-state index in [4.69, 9.17) is 18.9 Å². The van der Waals surface area contributed by atoms with Gasteiger partial charge in [-0.05, 0) is 34.6 Å².